The van der Waals surface area contributed by atoms with Crippen LogP contribution in [0.3, 0.4) is 0 Å². The van der Waals surface area contributed by atoms with Crippen molar-refractivity contribution in [3.63, 3.8) is 0 Å². The van der Waals surface area contributed by atoms with E-state index in [0.29, 0.717) is 25.1 Å². The van der Waals surface area contributed by atoms with Crippen molar-refractivity contribution >= 4 is 5.78 Å². The zero-order chi connectivity index (χ0) is 14.5. The third-order valence-electron chi connectivity index (χ3n) is 3.06. The van der Waals surface area contributed by atoms with Crippen molar-refractivity contribution in [1.82, 2.24) is 15.0 Å². The Kier molecular flexibility index (Phi) is 4.50. The molecule has 0 aliphatic rings. The highest BCUT2D eigenvalue weighted by Gasteiger charge is 2.17. The minimum atomic E-state index is 0.0223. The van der Waals surface area contributed by atoms with Crippen LogP contribution in [0, 0.1) is 0 Å². The lowest BCUT2D eigenvalue weighted by molar-refractivity contribution is 0.0982. The number of ketones is 1. The Bertz CT molecular complexity index is 605. The lowest BCUT2D eigenvalue weighted by atomic mass is 10.1. The van der Waals surface area contributed by atoms with Crippen LogP contribution in [0.5, 0.6) is 5.75 Å². The fourth-order valence-corrected chi connectivity index (χ4v) is 2.08. The van der Waals surface area contributed by atoms with Gasteiger partial charge in [0.05, 0.1) is 18.0 Å². The quantitative estimate of drug-likeness (QED) is 0.759. The summed E-state index contributed by atoms with van der Waals surface area (Å²) in [5.74, 6) is 0.806. The standard InChI is InChI=1S/C15H19N3O2/c1-4-13-15(14(19)5-2)16-17-18(13)11-8-7-9-12(10-11)20-6-3/h7-10H,4-6H2,1-3H3. The SMILES string of the molecule is CCOc1cccc(-n2nnc(C(=O)CC)c2CC)c1. The van der Waals surface area contributed by atoms with Crippen molar-refractivity contribution in [2.75, 3.05) is 6.61 Å². The molecule has 0 unspecified atom stereocenters. The van der Waals surface area contributed by atoms with Crippen LogP contribution in [0.2, 0.25) is 0 Å². The van der Waals surface area contributed by atoms with Gasteiger partial charge in [-0.15, -0.1) is 5.10 Å². The van der Waals surface area contributed by atoms with E-state index in [-0.39, 0.29) is 5.78 Å². The molecule has 0 N–H and O–H groups in total. The minimum Gasteiger partial charge on any atom is -0.494 e. The molecule has 1 aromatic carbocycles. The summed E-state index contributed by atoms with van der Waals surface area (Å²) in [6, 6.07) is 7.63. The summed E-state index contributed by atoms with van der Waals surface area (Å²) in [7, 11) is 0. The minimum absolute atomic E-state index is 0.0223. The van der Waals surface area contributed by atoms with Gasteiger partial charge in [-0.3, -0.25) is 4.79 Å². The molecule has 106 valence electrons. The molecule has 0 fully saturated rings. The van der Waals surface area contributed by atoms with Gasteiger partial charge in [-0.05, 0) is 25.5 Å². The first-order valence-corrected chi connectivity index (χ1v) is 6.92. The molecule has 0 aliphatic carbocycles. The molecule has 0 bridgehead atoms. The van der Waals surface area contributed by atoms with Gasteiger partial charge in [0, 0.05) is 12.5 Å². The van der Waals surface area contributed by atoms with E-state index < -0.39 is 0 Å². The molecule has 0 saturated heterocycles. The van der Waals surface area contributed by atoms with E-state index in [4.69, 9.17) is 4.74 Å². The number of Topliss-reactive ketones (excluding diaryl/α,β-unsaturated/α-hetero) is 1. The molecule has 0 radical (unpaired) electrons. The second kappa shape index (κ2) is 6.32. The fourth-order valence-electron chi connectivity index (χ4n) is 2.08. The predicted octanol–water partition coefficient (Wildman–Crippen LogP) is 2.82. The van der Waals surface area contributed by atoms with Crippen molar-refractivity contribution in [2.24, 2.45) is 0 Å². The molecule has 20 heavy (non-hydrogen) atoms. The lowest BCUT2D eigenvalue weighted by Gasteiger charge is -2.08. The Balaban J connectivity index is 2.44. The maximum atomic E-state index is 11.9. The van der Waals surface area contributed by atoms with Gasteiger partial charge in [-0.2, -0.15) is 0 Å². The zero-order valence-corrected chi connectivity index (χ0v) is 12.1. The highest BCUT2D eigenvalue weighted by atomic mass is 16.5. The van der Waals surface area contributed by atoms with Crippen LogP contribution in [0.1, 0.15) is 43.4 Å². The van der Waals surface area contributed by atoms with Crippen LogP contribution in [0.15, 0.2) is 24.3 Å². The average Bonchev–Trinajstić information content (AvgIpc) is 2.91. The van der Waals surface area contributed by atoms with Gasteiger partial charge in [0.25, 0.3) is 0 Å². The molecule has 5 nitrogen and oxygen atoms in total. The van der Waals surface area contributed by atoms with Crippen molar-refractivity contribution in [2.45, 2.75) is 33.6 Å². The van der Waals surface area contributed by atoms with Crippen LogP contribution in [-0.4, -0.2) is 27.4 Å². The topological polar surface area (TPSA) is 57.0 Å². The highest BCUT2D eigenvalue weighted by molar-refractivity contribution is 5.95. The molecule has 0 saturated carbocycles. The summed E-state index contributed by atoms with van der Waals surface area (Å²) >= 11 is 0. The summed E-state index contributed by atoms with van der Waals surface area (Å²) < 4.78 is 7.20. The Morgan fingerprint density at radius 3 is 2.75 bits per heavy atom. The second-order valence-corrected chi connectivity index (χ2v) is 4.36. The molecule has 2 rings (SSSR count). The normalized spacial score (nSPS) is 10.6. The smallest absolute Gasteiger partial charge is 0.184 e. The fraction of sp³-hybridized carbons (Fsp3) is 0.400. The highest BCUT2D eigenvalue weighted by Crippen LogP contribution is 2.19. The third kappa shape index (κ3) is 2.71. The number of aromatic nitrogens is 3. The molecule has 1 heterocycles. The first-order chi connectivity index (χ1) is 9.71. The third-order valence-corrected chi connectivity index (χ3v) is 3.06. The first kappa shape index (κ1) is 14.2. The van der Waals surface area contributed by atoms with Gasteiger partial charge in [0.1, 0.15) is 5.75 Å². The number of carbonyl (C=O) groups is 1. The number of carbonyl (C=O) groups excluding carboxylic acids is 1. The molecular weight excluding hydrogens is 254 g/mol. The molecule has 0 amide bonds. The molecular formula is C15H19N3O2. The Morgan fingerprint density at radius 2 is 2.10 bits per heavy atom. The zero-order valence-electron chi connectivity index (χ0n) is 12.1. The number of ether oxygens (including phenoxy) is 1. The van der Waals surface area contributed by atoms with Crippen molar-refractivity contribution < 1.29 is 9.53 Å². The largest absolute Gasteiger partial charge is 0.494 e. The van der Waals surface area contributed by atoms with Crippen molar-refractivity contribution in [3.05, 3.63) is 35.7 Å². The van der Waals surface area contributed by atoms with E-state index in [0.717, 1.165) is 17.1 Å². The van der Waals surface area contributed by atoms with E-state index in [1.807, 2.05) is 45.0 Å². The average molecular weight is 273 g/mol. The van der Waals surface area contributed by atoms with Crippen LogP contribution in [0.4, 0.5) is 0 Å². The molecule has 0 aliphatic heterocycles. The lowest BCUT2D eigenvalue weighted by Crippen LogP contribution is -2.06. The molecule has 0 atom stereocenters. The molecule has 0 spiro atoms. The van der Waals surface area contributed by atoms with Crippen molar-refractivity contribution in [3.8, 4) is 11.4 Å². The van der Waals surface area contributed by atoms with Gasteiger partial charge < -0.3 is 4.74 Å². The molecule has 1 aromatic heterocycles. The van der Waals surface area contributed by atoms with Gasteiger partial charge in [0.15, 0.2) is 11.5 Å². The van der Waals surface area contributed by atoms with Crippen LogP contribution in [-0.2, 0) is 6.42 Å². The number of hydrogen-bond acceptors (Lipinski definition) is 4. The number of nitrogens with zero attached hydrogens (tertiary/aromatic N) is 3. The van der Waals surface area contributed by atoms with Gasteiger partial charge in [0.2, 0.25) is 0 Å². The summed E-state index contributed by atoms with van der Waals surface area (Å²) in [4.78, 5) is 11.9. The second-order valence-electron chi connectivity index (χ2n) is 4.36. The van der Waals surface area contributed by atoms with E-state index in [1.165, 1.54) is 0 Å². The number of rotatable bonds is 6. The van der Waals surface area contributed by atoms with Gasteiger partial charge in [-0.25, -0.2) is 4.68 Å². The van der Waals surface area contributed by atoms with Gasteiger partial charge in [-0.1, -0.05) is 25.1 Å². The van der Waals surface area contributed by atoms with Crippen LogP contribution in [0.25, 0.3) is 5.69 Å². The monoisotopic (exact) mass is 273 g/mol. The summed E-state index contributed by atoms with van der Waals surface area (Å²) in [6.45, 7) is 6.38. The summed E-state index contributed by atoms with van der Waals surface area (Å²) in [5.41, 5.74) is 2.16. The first-order valence-electron chi connectivity index (χ1n) is 6.92. The number of benzene rings is 1. The maximum absolute atomic E-state index is 11.9. The Hall–Kier alpha value is -2.17. The summed E-state index contributed by atoms with van der Waals surface area (Å²) in [6.07, 6.45) is 1.14. The van der Waals surface area contributed by atoms with Gasteiger partial charge >= 0.3 is 0 Å². The van der Waals surface area contributed by atoms with E-state index >= 15 is 0 Å². The maximum Gasteiger partial charge on any atom is 0.184 e. The number of hydrogen-bond donors (Lipinski definition) is 0. The van der Waals surface area contributed by atoms with Crippen molar-refractivity contribution in [1.29, 1.82) is 0 Å². The molecule has 2 aromatic rings. The summed E-state index contributed by atoms with van der Waals surface area (Å²) in [5, 5.41) is 8.15. The molecule has 5 heteroatoms. The van der Waals surface area contributed by atoms with Crippen LogP contribution >= 0.6 is 0 Å². The van der Waals surface area contributed by atoms with E-state index in [9.17, 15) is 4.79 Å². The van der Waals surface area contributed by atoms with E-state index in [2.05, 4.69) is 10.3 Å². The van der Waals surface area contributed by atoms with E-state index in [1.54, 1.807) is 4.68 Å². The predicted molar refractivity (Wildman–Crippen MR) is 76.5 cm³/mol. The van der Waals surface area contributed by atoms with Crippen LogP contribution < -0.4 is 4.74 Å². The Labute approximate surface area is 118 Å². The Morgan fingerprint density at radius 1 is 1.30 bits per heavy atom.